The van der Waals surface area contributed by atoms with Gasteiger partial charge in [0.25, 0.3) is 0 Å². The average Bonchev–Trinajstić information content (AvgIpc) is 3.26. The van der Waals surface area contributed by atoms with Crippen molar-refractivity contribution in [3.8, 4) is 17.1 Å². The van der Waals surface area contributed by atoms with Gasteiger partial charge in [-0.1, -0.05) is 16.8 Å². The summed E-state index contributed by atoms with van der Waals surface area (Å²) < 4.78 is 10.7. The third-order valence-electron chi connectivity index (χ3n) is 4.94. The average molecular weight is 413 g/mol. The largest absolute Gasteiger partial charge is 0.497 e. The molecule has 1 aliphatic heterocycles. The van der Waals surface area contributed by atoms with Crippen molar-refractivity contribution in [3.63, 3.8) is 0 Å². The van der Waals surface area contributed by atoms with Crippen LogP contribution in [0.4, 0.5) is 10.5 Å². The zero-order chi connectivity index (χ0) is 20.2. The highest BCUT2D eigenvalue weighted by molar-refractivity contribution is 6.30. The molecule has 1 N–H and O–H groups in total. The lowest BCUT2D eigenvalue weighted by molar-refractivity contribution is 0.184. The predicted molar refractivity (Wildman–Crippen MR) is 110 cm³/mol. The monoisotopic (exact) mass is 412 g/mol. The summed E-state index contributed by atoms with van der Waals surface area (Å²) in [7, 11) is 1.62. The van der Waals surface area contributed by atoms with Gasteiger partial charge < -0.3 is 19.5 Å². The quantitative estimate of drug-likeness (QED) is 0.665. The first-order valence-electron chi connectivity index (χ1n) is 9.42. The van der Waals surface area contributed by atoms with Crippen LogP contribution >= 0.6 is 11.6 Å². The zero-order valence-electron chi connectivity index (χ0n) is 16.0. The lowest BCUT2D eigenvalue weighted by Crippen LogP contribution is -2.41. The third-order valence-corrected chi connectivity index (χ3v) is 5.20. The Kier molecular flexibility index (Phi) is 5.67. The minimum absolute atomic E-state index is 0.0132. The molecule has 8 heteroatoms. The number of benzene rings is 2. The number of urea groups is 1. The first-order valence-corrected chi connectivity index (χ1v) is 9.79. The van der Waals surface area contributed by atoms with Crippen molar-refractivity contribution in [2.75, 3.05) is 25.5 Å². The number of halogens is 1. The number of nitrogens with one attached hydrogen (secondary N) is 1. The number of ether oxygens (including phenoxy) is 1. The Hall–Kier alpha value is -3.06. The first-order chi connectivity index (χ1) is 14.1. The van der Waals surface area contributed by atoms with Gasteiger partial charge in [0.05, 0.1) is 13.0 Å². The maximum absolute atomic E-state index is 12.6. The lowest BCUT2D eigenvalue weighted by atomic mass is 9.98. The van der Waals surface area contributed by atoms with E-state index in [1.165, 1.54) is 0 Å². The Labute approximate surface area is 173 Å². The van der Waals surface area contributed by atoms with Crippen molar-refractivity contribution in [3.05, 3.63) is 59.4 Å². The Morgan fingerprint density at radius 3 is 2.69 bits per heavy atom. The molecule has 7 nitrogen and oxygen atoms in total. The number of amides is 2. The second-order valence-corrected chi connectivity index (χ2v) is 7.34. The van der Waals surface area contributed by atoms with E-state index in [9.17, 15) is 4.79 Å². The Balaban J connectivity index is 1.42. The molecule has 0 bridgehead atoms. The summed E-state index contributed by atoms with van der Waals surface area (Å²) in [5.74, 6) is 1.87. The summed E-state index contributed by atoms with van der Waals surface area (Å²) in [6.07, 6.45) is 1.77. The fourth-order valence-corrected chi connectivity index (χ4v) is 3.48. The zero-order valence-corrected chi connectivity index (χ0v) is 16.7. The highest BCUT2D eigenvalue weighted by Crippen LogP contribution is 2.28. The second-order valence-electron chi connectivity index (χ2n) is 6.91. The molecule has 0 radical (unpaired) electrons. The summed E-state index contributed by atoms with van der Waals surface area (Å²) in [5, 5.41) is 7.64. The number of aromatic nitrogens is 2. The SMILES string of the molecule is COc1ccc(-c2noc([C@H]3CCCN(C(=O)Nc4ccc(Cl)cc4)C3)n2)cc1. The summed E-state index contributed by atoms with van der Waals surface area (Å²) in [6.45, 7) is 1.22. The van der Waals surface area contributed by atoms with Gasteiger partial charge in [-0.2, -0.15) is 4.98 Å². The van der Waals surface area contributed by atoms with E-state index in [1.807, 2.05) is 24.3 Å². The standard InChI is InChI=1S/C21H21ClN4O3/c1-28-18-10-4-14(5-11-18)19-24-20(29-25-19)15-3-2-12-26(13-15)21(27)23-17-8-6-16(22)7-9-17/h4-11,15H,2-3,12-13H2,1H3,(H,23,27)/t15-/m0/s1. The molecule has 4 rings (SSSR count). The molecule has 29 heavy (non-hydrogen) atoms. The highest BCUT2D eigenvalue weighted by atomic mass is 35.5. The minimum atomic E-state index is -0.146. The second kappa shape index (κ2) is 8.53. The van der Waals surface area contributed by atoms with Crippen molar-refractivity contribution in [1.82, 2.24) is 15.0 Å². The molecular formula is C21H21ClN4O3. The normalized spacial score (nSPS) is 16.5. The van der Waals surface area contributed by atoms with Gasteiger partial charge in [0.15, 0.2) is 0 Å². The third kappa shape index (κ3) is 4.51. The van der Waals surface area contributed by atoms with E-state index in [-0.39, 0.29) is 11.9 Å². The molecule has 0 unspecified atom stereocenters. The number of carbonyl (C=O) groups is 1. The highest BCUT2D eigenvalue weighted by Gasteiger charge is 2.28. The van der Waals surface area contributed by atoms with Gasteiger partial charge in [0, 0.05) is 29.4 Å². The summed E-state index contributed by atoms with van der Waals surface area (Å²) in [5.41, 5.74) is 1.56. The van der Waals surface area contributed by atoms with Crippen LogP contribution in [0.2, 0.25) is 5.02 Å². The Morgan fingerprint density at radius 2 is 1.97 bits per heavy atom. The summed E-state index contributed by atoms with van der Waals surface area (Å²) >= 11 is 5.89. The van der Waals surface area contributed by atoms with E-state index < -0.39 is 0 Å². The molecule has 1 saturated heterocycles. The molecule has 150 valence electrons. The molecule has 2 aromatic carbocycles. The van der Waals surface area contributed by atoms with Crippen LogP contribution in [-0.4, -0.2) is 41.3 Å². The smallest absolute Gasteiger partial charge is 0.321 e. The van der Waals surface area contributed by atoms with Gasteiger partial charge in [0.2, 0.25) is 11.7 Å². The number of anilines is 1. The van der Waals surface area contributed by atoms with Crippen molar-refractivity contribution < 1.29 is 14.1 Å². The molecule has 1 fully saturated rings. The maximum atomic E-state index is 12.6. The topological polar surface area (TPSA) is 80.5 Å². The van der Waals surface area contributed by atoms with E-state index in [2.05, 4.69) is 15.5 Å². The molecule has 0 aliphatic carbocycles. The molecule has 2 amide bonds. The van der Waals surface area contributed by atoms with E-state index in [0.29, 0.717) is 35.5 Å². The minimum Gasteiger partial charge on any atom is -0.497 e. The van der Waals surface area contributed by atoms with Crippen LogP contribution in [0.1, 0.15) is 24.7 Å². The number of methoxy groups -OCH3 is 1. The molecule has 1 aliphatic rings. The van der Waals surface area contributed by atoms with Crippen molar-refractivity contribution >= 4 is 23.3 Å². The van der Waals surface area contributed by atoms with Crippen LogP contribution in [0, 0.1) is 0 Å². The number of piperidine rings is 1. The molecule has 3 aromatic rings. The Bertz CT molecular complexity index is 972. The number of hydrogen-bond acceptors (Lipinski definition) is 5. The molecular weight excluding hydrogens is 392 g/mol. The fraction of sp³-hybridized carbons (Fsp3) is 0.286. The van der Waals surface area contributed by atoms with Gasteiger partial charge >= 0.3 is 6.03 Å². The Morgan fingerprint density at radius 1 is 1.21 bits per heavy atom. The van der Waals surface area contributed by atoms with E-state index in [0.717, 1.165) is 24.2 Å². The molecule has 1 atom stereocenters. The van der Waals surface area contributed by atoms with Crippen LogP contribution in [0.25, 0.3) is 11.4 Å². The van der Waals surface area contributed by atoms with Crippen LogP contribution < -0.4 is 10.1 Å². The van der Waals surface area contributed by atoms with E-state index in [4.69, 9.17) is 20.9 Å². The van der Waals surface area contributed by atoms with Gasteiger partial charge in [0.1, 0.15) is 5.75 Å². The van der Waals surface area contributed by atoms with Gasteiger partial charge in [-0.3, -0.25) is 0 Å². The molecule has 0 saturated carbocycles. The summed E-state index contributed by atoms with van der Waals surface area (Å²) in [4.78, 5) is 19.0. The van der Waals surface area contributed by atoms with Crippen molar-refractivity contribution in [2.24, 2.45) is 0 Å². The van der Waals surface area contributed by atoms with E-state index in [1.54, 1.807) is 36.3 Å². The van der Waals surface area contributed by atoms with Gasteiger partial charge in [-0.15, -0.1) is 0 Å². The van der Waals surface area contributed by atoms with Crippen LogP contribution in [0.3, 0.4) is 0 Å². The van der Waals surface area contributed by atoms with Crippen LogP contribution in [-0.2, 0) is 0 Å². The number of rotatable bonds is 4. The number of hydrogen-bond donors (Lipinski definition) is 1. The predicted octanol–water partition coefficient (Wildman–Crippen LogP) is 4.81. The molecule has 0 spiro atoms. The first kappa shape index (κ1) is 19.3. The lowest BCUT2D eigenvalue weighted by Gasteiger charge is -2.31. The van der Waals surface area contributed by atoms with Gasteiger partial charge in [-0.25, -0.2) is 4.79 Å². The van der Waals surface area contributed by atoms with Gasteiger partial charge in [-0.05, 0) is 61.4 Å². The van der Waals surface area contributed by atoms with Crippen LogP contribution in [0.15, 0.2) is 53.1 Å². The van der Waals surface area contributed by atoms with Crippen molar-refractivity contribution in [2.45, 2.75) is 18.8 Å². The fourth-order valence-electron chi connectivity index (χ4n) is 3.36. The van der Waals surface area contributed by atoms with Crippen LogP contribution in [0.5, 0.6) is 5.75 Å². The summed E-state index contributed by atoms with van der Waals surface area (Å²) in [6, 6.07) is 14.4. The number of nitrogens with zero attached hydrogens (tertiary/aromatic N) is 3. The molecule has 2 heterocycles. The van der Waals surface area contributed by atoms with E-state index >= 15 is 0 Å². The maximum Gasteiger partial charge on any atom is 0.321 e. The molecule has 1 aromatic heterocycles. The number of likely N-dealkylation sites (tertiary alicyclic amines) is 1. The number of carbonyl (C=O) groups excluding carboxylic acids is 1. The van der Waals surface area contributed by atoms with Crippen molar-refractivity contribution in [1.29, 1.82) is 0 Å².